The van der Waals surface area contributed by atoms with Crippen molar-refractivity contribution in [2.45, 2.75) is 6.36 Å². The maximum Gasteiger partial charge on any atom is 0.573 e. The van der Waals surface area contributed by atoms with Crippen LogP contribution in [0.15, 0.2) is 18.2 Å². The van der Waals surface area contributed by atoms with Crippen molar-refractivity contribution >= 4 is 17.6 Å². The highest BCUT2D eigenvalue weighted by molar-refractivity contribution is 6.32. The highest BCUT2D eigenvalue weighted by Crippen LogP contribution is 2.43. The summed E-state index contributed by atoms with van der Waals surface area (Å²) in [6, 6.07) is 2.26. The van der Waals surface area contributed by atoms with Gasteiger partial charge < -0.3 is 24.1 Å². The summed E-state index contributed by atoms with van der Waals surface area (Å²) in [5.74, 6) is -8.56. The lowest BCUT2D eigenvalue weighted by Crippen LogP contribution is -2.18. The van der Waals surface area contributed by atoms with Crippen LogP contribution in [0.4, 0.5) is 22.0 Å². The van der Waals surface area contributed by atoms with E-state index in [-0.39, 0.29) is 5.02 Å². The van der Waals surface area contributed by atoms with Crippen LogP contribution in [0, 0.1) is 11.6 Å². The average Bonchev–Trinajstić information content (AvgIpc) is 2.56. The number of ether oxygens (including phenoxy) is 4. The molecule has 0 saturated carbocycles. The van der Waals surface area contributed by atoms with E-state index in [2.05, 4.69) is 14.2 Å². The number of hydrogen-bond donors (Lipinski definition) is 1. The van der Waals surface area contributed by atoms with Gasteiger partial charge in [0.25, 0.3) is 0 Å². The Morgan fingerprint density at radius 2 is 1.57 bits per heavy atom. The van der Waals surface area contributed by atoms with Crippen LogP contribution in [-0.4, -0.2) is 31.7 Å². The van der Waals surface area contributed by atoms with E-state index < -0.39 is 58.3 Å². The Morgan fingerprint density at radius 1 is 1.00 bits per heavy atom. The van der Waals surface area contributed by atoms with Crippen LogP contribution in [0.1, 0.15) is 10.4 Å². The molecular weight excluding hydrogens is 419 g/mol. The number of alkyl halides is 3. The van der Waals surface area contributed by atoms with Crippen LogP contribution in [-0.2, 0) is 0 Å². The van der Waals surface area contributed by atoms with Crippen LogP contribution in [0.5, 0.6) is 28.7 Å². The van der Waals surface area contributed by atoms with Crippen LogP contribution in [0.3, 0.4) is 0 Å². The number of aromatic carboxylic acids is 1. The summed E-state index contributed by atoms with van der Waals surface area (Å²) in [5, 5.41) is 8.85. The van der Waals surface area contributed by atoms with E-state index in [4.69, 9.17) is 16.3 Å². The number of carboxylic acids is 1. The first-order chi connectivity index (χ1) is 13.0. The number of carbonyl (C=O) groups is 1. The van der Waals surface area contributed by atoms with Crippen molar-refractivity contribution in [1.82, 2.24) is 0 Å². The SMILES string of the molecule is COc1c(Cl)cc(Oc2ccc(OC(F)(F)F)c(F)c2OC)c(C(=O)O)c1F. The second kappa shape index (κ2) is 7.97. The van der Waals surface area contributed by atoms with Gasteiger partial charge in [-0.1, -0.05) is 11.6 Å². The van der Waals surface area contributed by atoms with Crippen LogP contribution in [0.2, 0.25) is 5.02 Å². The fourth-order valence-corrected chi connectivity index (χ4v) is 2.42. The molecule has 1 N–H and O–H groups in total. The van der Waals surface area contributed by atoms with Crippen molar-refractivity contribution in [2.24, 2.45) is 0 Å². The molecule has 0 heterocycles. The first kappa shape index (κ1) is 21.4. The molecule has 0 unspecified atom stereocenters. The van der Waals surface area contributed by atoms with Crippen LogP contribution in [0.25, 0.3) is 0 Å². The molecular formula is C16H10ClF5O6. The van der Waals surface area contributed by atoms with Gasteiger partial charge in [-0.3, -0.25) is 0 Å². The minimum atomic E-state index is -5.17. The predicted octanol–water partition coefficient (Wildman–Crippen LogP) is 5.02. The van der Waals surface area contributed by atoms with E-state index in [1.165, 1.54) is 0 Å². The largest absolute Gasteiger partial charge is 0.573 e. The van der Waals surface area contributed by atoms with E-state index in [0.717, 1.165) is 26.4 Å². The standard InChI is InChI=1S/C16H10ClF5O6/c1-25-13-6(17)5-9(10(12(13)19)15(23)24)27-8-4-3-7(28-16(20,21)22)11(18)14(8)26-2/h3-5H,1-2H3,(H,23,24). The zero-order valence-electron chi connectivity index (χ0n) is 14.0. The van der Waals surface area contributed by atoms with Gasteiger partial charge in [0, 0.05) is 6.07 Å². The molecule has 0 bridgehead atoms. The Morgan fingerprint density at radius 3 is 2.07 bits per heavy atom. The van der Waals surface area contributed by atoms with E-state index in [1.54, 1.807) is 0 Å². The topological polar surface area (TPSA) is 74.2 Å². The molecule has 0 saturated heterocycles. The fourth-order valence-electron chi connectivity index (χ4n) is 2.16. The second-order valence-electron chi connectivity index (χ2n) is 4.94. The van der Waals surface area contributed by atoms with Gasteiger partial charge in [0.2, 0.25) is 11.6 Å². The number of benzene rings is 2. The highest BCUT2D eigenvalue weighted by atomic mass is 35.5. The molecule has 12 heteroatoms. The Bertz CT molecular complexity index is 916. The summed E-state index contributed by atoms with van der Waals surface area (Å²) in [7, 11) is 1.97. The Hall–Kier alpha value is -2.95. The third-order valence-electron chi connectivity index (χ3n) is 3.23. The number of hydrogen-bond acceptors (Lipinski definition) is 5. The molecule has 0 aliphatic rings. The van der Waals surface area contributed by atoms with Crippen molar-refractivity contribution in [2.75, 3.05) is 14.2 Å². The molecule has 0 amide bonds. The minimum Gasteiger partial charge on any atom is -0.492 e. The Labute approximate surface area is 158 Å². The minimum absolute atomic E-state index is 0.364. The summed E-state index contributed by atoms with van der Waals surface area (Å²) in [6.07, 6.45) is -5.17. The van der Waals surface area contributed by atoms with Gasteiger partial charge in [-0.05, 0) is 12.1 Å². The molecule has 152 valence electrons. The van der Waals surface area contributed by atoms with Gasteiger partial charge >= 0.3 is 12.3 Å². The van der Waals surface area contributed by atoms with Crippen molar-refractivity contribution in [3.63, 3.8) is 0 Å². The number of methoxy groups -OCH3 is 2. The molecule has 28 heavy (non-hydrogen) atoms. The molecule has 0 aromatic heterocycles. The smallest absolute Gasteiger partial charge is 0.492 e. The van der Waals surface area contributed by atoms with Gasteiger partial charge in [0.1, 0.15) is 11.3 Å². The molecule has 0 radical (unpaired) electrons. The van der Waals surface area contributed by atoms with Crippen molar-refractivity contribution in [1.29, 1.82) is 0 Å². The van der Waals surface area contributed by atoms with Crippen molar-refractivity contribution < 1.29 is 50.8 Å². The van der Waals surface area contributed by atoms with Gasteiger partial charge in [0.15, 0.2) is 23.1 Å². The number of carboxylic acid groups (broad SMARTS) is 1. The molecule has 0 atom stereocenters. The van der Waals surface area contributed by atoms with Gasteiger partial charge in [-0.2, -0.15) is 4.39 Å². The summed E-state index contributed by atoms with van der Waals surface area (Å²) >= 11 is 5.79. The molecule has 0 aliphatic heterocycles. The van der Waals surface area contributed by atoms with E-state index >= 15 is 0 Å². The monoisotopic (exact) mass is 428 g/mol. The molecule has 2 aromatic carbocycles. The third-order valence-corrected chi connectivity index (χ3v) is 3.51. The normalized spacial score (nSPS) is 11.1. The summed E-state index contributed by atoms with van der Waals surface area (Å²) < 4.78 is 83.5. The number of rotatable bonds is 6. The summed E-state index contributed by atoms with van der Waals surface area (Å²) in [5.41, 5.74) is -1.00. The van der Waals surface area contributed by atoms with Crippen LogP contribution < -0.4 is 18.9 Å². The predicted molar refractivity (Wildman–Crippen MR) is 84.6 cm³/mol. The van der Waals surface area contributed by atoms with E-state index in [0.29, 0.717) is 6.07 Å². The molecule has 0 spiro atoms. The second-order valence-corrected chi connectivity index (χ2v) is 5.35. The quantitative estimate of drug-likeness (QED) is 0.651. The molecule has 2 rings (SSSR count). The Balaban J connectivity index is 2.57. The fraction of sp³-hybridized carbons (Fsp3) is 0.188. The Kier molecular flexibility index (Phi) is 6.07. The summed E-state index contributed by atoms with van der Waals surface area (Å²) in [6.45, 7) is 0. The van der Waals surface area contributed by atoms with Gasteiger partial charge in [0.05, 0.1) is 19.2 Å². The molecule has 2 aromatic rings. The first-order valence-corrected chi connectivity index (χ1v) is 7.47. The zero-order chi connectivity index (χ0) is 21.2. The number of halogens is 6. The van der Waals surface area contributed by atoms with Crippen LogP contribution >= 0.6 is 11.6 Å². The summed E-state index contributed by atoms with van der Waals surface area (Å²) in [4.78, 5) is 11.4. The van der Waals surface area contributed by atoms with Crippen molar-refractivity contribution in [3.8, 4) is 28.7 Å². The maximum absolute atomic E-state index is 14.3. The lowest BCUT2D eigenvalue weighted by atomic mass is 10.1. The highest BCUT2D eigenvalue weighted by Gasteiger charge is 2.34. The lowest BCUT2D eigenvalue weighted by molar-refractivity contribution is -0.275. The van der Waals surface area contributed by atoms with Crippen molar-refractivity contribution in [3.05, 3.63) is 40.4 Å². The maximum atomic E-state index is 14.3. The lowest BCUT2D eigenvalue weighted by Gasteiger charge is -2.17. The average molecular weight is 429 g/mol. The molecule has 6 nitrogen and oxygen atoms in total. The molecule has 0 aliphatic carbocycles. The van der Waals surface area contributed by atoms with Gasteiger partial charge in [-0.15, -0.1) is 13.2 Å². The molecule has 0 fully saturated rings. The first-order valence-electron chi connectivity index (χ1n) is 7.09. The third kappa shape index (κ3) is 4.30. The van der Waals surface area contributed by atoms with Gasteiger partial charge in [-0.25, -0.2) is 9.18 Å². The van der Waals surface area contributed by atoms with E-state index in [9.17, 15) is 31.9 Å². The van der Waals surface area contributed by atoms with E-state index in [1.807, 2.05) is 0 Å². The zero-order valence-corrected chi connectivity index (χ0v) is 14.7.